The van der Waals surface area contributed by atoms with Gasteiger partial charge < -0.3 is 20.4 Å². The predicted molar refractivity (Wildman–Crippen MR) is 114 cm³/mol. The fourth-order valence-corrected chi connectivity index (χ4v) is 3.97. The molecule has 0 unspecified atom stereocenters. The summed E-state index contributed by atoms with van der Waals surface area (Å²) in [5, 5.41) is 3.62. The summed E-state index contributed by atoms with van der Waals surface area (Å²) in [6.07, 6.45) is 4.56. The van der Waals surface area contributed by atoms with E-state index in [4.69, 9.17) is 15.1 Å². The van der Waals surface area contributed by atoms with Crippen molar-refractivity contribution in [1.82, 2.24) is 20.3 Å². The molecular formula is C22H22N6O. The van der Waals surface area contributed by atoms with Crippen LogP contribution in [0.1, 0.15) is 12.8 Å². The van der Waals surface area contributed by atoms with Crippen LogP contribution in [0.4, 0.5) is 11.8 Å². The van der Waals surface area contributed by atoms with Crippen molar-refractivity contribution in [3.8, 4) is 11.1 Å². The van der Waals surface area contributed by atoms with Crippen LogP contribution in [0.2, 0.25) is 0 Å². The van der Waals surface area contributed by atoms with Crippen LogP contribution in [0.15, 0.2) is 47.0 Å². The van der Waals surface area contributed by atoms with Crippen LogP contribution in [0.25, 0.3) is 33.3 Å². The molecule has 2 aromatic carbocycles. The molecule has 7 nitrogen and oxygen atoms in total. The number of oxazole rings is 1. The van der Waals surface area contributed by atoms with Crippen LogP contribution in [-0.4, -0.2) is 40.6 Å². The van der Waals surface area contributed by atoms with E-state index in [1.807, 2.05) is 30.5 Å². The number of nitrogen functional groups attached to an aromatic ring is 1. The summed E-state index contributed by atoms with van der Waals surface area (Å²) >= 11 is 0. The lowest BCUT2D eigenvalue weighted by atomic mass is 10.0. The van der Waals surface area contributed by atoms with E-state index >= 15 is 0 Å². The first-order valence-corrected chi connectivity index (χ1v) is 10.1. The summed E-state index contributed by atoms with van der Waals surface area (Å²) in [4.78, 5) is 16.0. The van der Waals surface area contributed by atoms with Gasteiger partial charge in [0, 0.05) is 31.6 Å². The molecule has 0 bridgehead atoms. The second-order valence-electron chi connectivity index (χ2n) is 8.12. The molecule has 0 spiro atoms. The summed E-state index contributed by atoms with van der Waals surface area (Å²) in [6, 6.07) is 13.0. The van der Waals surface area contributed by atoms with Gasteiger partial charge in [-0.05, 0) is 48.2 Å². The first-order valence-electron chi connectivity index (χ1n) is 10.1. The maximum absolute atomic E-state index is 5.66. The van der Waals surface area contributed by atoms with Crippen LogP contribution < -0.4 is 16.0 Å². The van der Waals surface area contributed by atoms with E-state index in [2.05, 4.69) is 32.3 Å². The van der Waals surface area contributed by atoms with Gasteiger partial charge in [0.25, 0.3) is 6.01 Å². The Morgan fingerprint density at radius 1 is 1.00 bits per heavy atom. The minimum Gasteiger partial charge on any atom is -0.424 e. The van der Waals surface area contributed by atoms with Crippen molar-refractivity contribution in [3.05, 3.63) is 42.6 Å². The van der Waals surface area contributed by atoms with Crippen LogP contribution in [-0.2, 0) is 0 Å². The molecule has 4 aromatic rings. The minimum absolute atomic E-state index is 0.186. The van der Waals surface area contributed by atoms with E-state index in [9.17, 15) is 0 Å². The second kappa shape index (κ2) is 6.42. The maximum Gasteiger partial charge on any atom is 0.292 e. The maximum atomic E-state index is 5.66. The van der Waals surface area contributed by atoms with Crippen LogP contribution in [0.5, 0.6) is 0 Å². The molecule has 0 amide bonds. The van der Waals surface area contributed by atoms with Gasteiger partial charge in [-0.1, -0.05) is 12.1 Å². The number of nitrogens with zero attached hydrogens (tertiary/aromatic N) is 4. The Labute approximate surface area is 167 Å². The first-order chi connectivity index (χ1) is 14.2. The molecular weight excluding hydrogens is 364 g/mol. The number of benzene rings is 2. The van der Waals surface area contributed by atoms with Crippen molar-refractivity contribution in [3.63, 3.8) is 0 Å². The zero-order valence-electron chi connectivity index (χ0n) is 16.0. The lowest BCUT2D eigenvalue weighted by Gasteiger charge is -2.40. The number of aromatic nitrogens is 3. The summed E-state index contributed by atoms with van der Waals surface area (Å²) in [5.74, 6) is 1.66. The second-order valence-corrected chi connectivity index (χ2v) is 8.12. The van der Waals surface area contributed by atoms with E-state index in [-0.39, 0.29) is 6.01 Å². The van der Waals surface area contributed by atoms with Crippen LogP contribution in [0, 0.1) is 5.92 Å². The Morgan fingerprint density at radius 3 is 2.62 bits per heavy atom. The molecule has 6 rings (SSSR count). The molecule has 3 heterocycles. The normalized spacial score (nSPS) is 17.2. The summed E-state index contributed by atoms with van der Waals surface area (Å²) in [7, 11) is 0. The van der Waals surface area contributed by atoms with Gasteiger partial charge in [0.15, 0.2) is 5.58 Å². The predicted octanol–water partition coefficient (Wildman–Crippen LogP) is 3.21. The Balaban J connectivity index is 1.25. The van der Waals surface area contributed by atoms with Gasteiger partial charge in [-0.3, -0.25) is 4.98 Å². The molecule has 3 N–H and O–H groups in total. The Kier molecular flexibility index (Phi) is 3.70. The third kappa shape index (κ3) is 3.17. The Bertz CT molecular complexity index is 1210. The lowest BCUT2D eigenvalue weighted by Crippen LogP contribution is -2.51. The molecule has 0 atom stereocenters. The standard InChI is InChI=1S/C22H22N6O/c23-22-27-19-8-15(2-6-20(19)29-22)14-1-5-17-18(7-14)26-21(10-25-17)28-11-13(12-28)9-24-16-3-4-16/h1-2,5-8,10,13,16,24H,3-4,9,11-12H2,(H2,23,27). The lowest BCUT2D eigenvalue weighted by molar-refractivity contribution is 0.382. The molecule has 1 saturated carbocycles. The molecule has 29 heavy (non-hydrogen) atoms. The average molecular weight is 386 g/mol. The monoisotopic (exact) mass is 386 g/mol. The number of hydrogen-bond donors (Lipinski definition) is 2. The average Bonchev–Trinajstić information content (AvgIpc) is 3.44. The van der Waals surface area contributed by atoms with E-state index in [1.165, 1.54) is 12.8 Å². The zero-order valence-corrected chi connectivity index (χ0v) is 16.0. The van der Waals surface area contributed by atoms with Crippen LogP contribution >= 0.6 is 0 Å². The van der Waals surface area contributed by atoms with E-state index in [0.29, 0.717) is 11.5 Å². The van der Waals surface area contributed by atoms with Crippen molar-refractivity contribution in [2.24, 2.45) is 5.92 Å². The number of nitrogens with two attached hydrogens (primary N) is 1. The minimum atomic E-state index is 0.186. The SMILES string of the molecule is Nc1nc2cc(-c3ccc4ncc(N5CC(CNC6CC6)C5)nc4c3)ccc2o1. The van der Waals surface area contributed by atoms with Gasteiger partial charge in [0.1, 0.15) is 11.3 Å². The number of fused-ring (bicyclic) bond motifs is 2. The van der Waals surface area contributed by atoms with Gasteiger partial charge in [-0.2, -0.15) is 4.98 Å². The fourth-order valence-electron chi connectivity index (χ4n) is 3.97. The van der Waals surface area contributed by atoms with Gasteiger partial charge in [-0.25, -0.2) is 4.98 Å². The van der Waals surface area contributed by atoms with E-state index in [0.717, 1.165) is 59.2 Å². The highest BCUT2D eigenvalue weighted by molar-refractivity contribution is 5.86. The molecule has 0 radical (unpaired) electrons. The third-order valence-corrected chi connectivity index (χ3v) is 5.82. The third-order valence-electron chi connectivity index (χ3n) is 5.82. The highest BCUT2D eigenvalue weighted by Crippen LogP contribution is 2.29. The van der Waals surface area contributed by atoms with Gasteiger partial charge >= 0.3 is 0 Å². The first kappa shape index (κ1) is 16.7. The van der Waals surface area contributed by atoms with Gasteiger partial charge in [-0.15, -0.1) is 0 Å². The van der Waals surface area contributed by atoms with Gasteiger partial charge in [0.2, 0.25) is 0 Å². The van der Waals surface area contributed by atoms with Crippen molar-refractivity contribution < 1.29 is 4.42 Å². The number of hydrogen-bond acceptors (Lipinski definition) is 7. The van der Waals surface area contributed by atoms with Crippen molar-refractivity contribution in [1.29, 1.82) is 0 Å². The van der Waals surface area contributed by atoms with Crippen molar-refractivity contribution in [2.75, 3.05) is 30.3 Å². The van der Waals surface area contributed by atoms with Crippen molar-refractivity contribution >= 4 is 34.0 Å². The summed E-state index contributed by atoms with van der Waals surface area (Å²) in [5.41, 5.74) is 11.0. The molecule has 1 aliphatic carbocycles. The fraction of sp³-hybridized carbons (Fsp3) is 0.318. The molecule has 2 aliphatic rings. The largest absolute Gasteiger partial charge is 0.424 e. The molecule has 1 aliphatic heterocycles. The van der Waals surface area contributed by atoms with E-state index in [1.54, 1.807) is 0 Å². The number of rotatable bonds is 5. The molecule has 2 aromatic heterocycles. The summed E-state index contributed by atoms with van der Waals surface area (Å²) < 4.78 is 5.37. The van der Waals surface area contributed by atoms with Gasteiger partial charge in [0.05, 0.1) is 17.2 Å². The van der Waals surface area contributed by atoms with E-state index < -0.39 is 0 Å². The molecule has 146 valence electrons. The number of nitrogens with one attached hydrogen (secondary N) is 1. The van der Waals surface area contributed by atoms with Crippen LogP contribution in [0.3, 0.4) is 0 Å². The van der Waals surface area contributed by atoms with Crippen molar-refractivity contribution in [2.45, 2.75) is 18.9 Å². The highest BCUT2D eigenvalue weighted by atomic mass is 16.4. The quantitative estimate of drug-likeness (QED) is 0.544. The Morgan fingerprint density at radius 2 is 1.79 bits per heavy atom. The molecule has 2 fully saturated rings. The Hall–Kier alpha value is -3.19. The molecule has 7 heteroatoms. The molecule has 1 saturated heterocycles. The topological polar surface area (TPSA) is 93.1 Å². The highest BCUT2D eigenvalue weighted by Gasteiger charge is 2.30. The smallest absolute Gasteiger partial charge is 0.292 e. The summed E-state index contributed by atoms with van der Waals surface area (Å²) in [6.45, 7) is 3.20. The zero-order chi connectivity index (χ0) is 19.4. The number of anilines is 2.